The van der Waals surface area contributed by atoms with Gasteiger partial charge in [0.1, 0.15) is 0 Å². The Morgan fingerprint density at radius 2 is 2.00 bits per heavy atom. The smallest absolute Gasteiger partial charge is 0.266 e. The van der Waals surface area contributed by atoms with Crippen molar-refractivity contribution < 1.29 is 4.79 Å². The molecule has 1 aliphatic carbocycles. The molecule has 0 aromatic carbocycles. The normalized spacial score (nSPS) is 20.1. The van der Waals surface area contributed by atoms with Gasteiger partial charge in [0, 0.05) is 31.0 Å². The second kappa shape index (κ2) is 5.38. The van der Waals surface area contributed by atoms with Gasteiger partial charge in [0.15, 0.2) is 0 Å². The van der Waals surface area contributed by atoms with Crippen LogP contribution in [0.3, 0.4) is 0 Å². The van der Waals surface area contributed by atoms with Gasteiger partial charge in [-0.1, -0.05) is 12.8 Å². The standard InChI is InChI=1S/C15H21N3O2/c1-11-6-7-14(19)18(16-11)10-12-8-17(9-12)15(20)13-4-2-3-5-13/h6-7,12-13H,2-5,8-10H2,1H3. The van der Waals surface area contributed by atoms with Crippen LogP contribution in [0.5, 0.6) is 0 Å². The molecule has 0 spiro atoms. The van der Waals surface area contributed by atoms with E-state index in [1.807, 2.05) is 11.8 Å². The Kier molecular flexibility index (Phi) is 3.59. The quantitative estimate of drug-likeness (QED) is 0.833. The molecule has 1 amide bonds. The Hall–Kier alpha value is -1.65. The number of hydrogen-bond acceptors (Lipinski definition) is 3. The second-order valence-corrected chi connectivity index (χ2v) is 6.09. The number of hydrogen-bond donors (Lipinski definition) is 0. The van der Waals surface area contributed by atoms with Crippen LogP contribution in [0.2, 0.25) is 0 Å². The summed E-state index contributed by atoms with van der Waals surface area (Å²) in [6.07, 6.45) is 4.49. The van der Waals surface area contributed by atoms with Crippen molar-refractivity contribution in [2.45, 2.75) is 39.2 Å². The van der Waals surface area contributed by atoms with E-state index in [2.05, 4.69) is 5.10 Å². The lowest BCUT2D eigenvalue weighted by Gasteiger charge is -2.40. The molecule has 0 atom stereocenters. The average molecular weight is 275 g/mol. The van der Waals surface area contributed by atoms with E-state index < -0.39 is 0 Å². The second-order valence-electron chi connectivity index (χ2n) is 6.09. The van der Waals surface area contributed by atoms with E-state index in [-0.39, 0.29) is 11.5 Å². The number of nitrogens with zero attached hydrogens (tertiary/aromatic N) is 3. The van der Waals surface area contributed by atoms with Crippen molar-refractivity contribution in [1.29, 1.82) is 0 Å². The van der Waals surface area contributed by atoms with E-state index >= 15 is 0 Å². The van der Waals surface area contributed by atoms with Crippen LogP contribution >= 0.6 is 0 Å². The molecule has 0 radical (unpaired) electrons. The molecule has 1 aromatic rings. The van der Waals surface area contributed by atoms with Crippen LogP contribution in [0.1, 0.15) is 31.4 Å². The minimum absolute atomic E-state index is 0.0591. The zero-order valence-electron chi connectivity index (χ0n) is 11.9. The molecule has 3 rings (SSSR count). The van der Waals surface area contributed by atoms with E-state index in [0.717, 1.165) is 31.6 Å². The summed E-state index contributed by atoms with van der Waals surface area (Å²) in [6.45, 7) is 4.05. The fourth-order valence-electron chi connectivity index (χ4n) is 3.22. The first kappa shape index (κ1) is 13.3. The summed E-state index contributed by atoms with van der Waals surface area (Å²) < 4.78 is 1.53. The number of carbonyl (C=O) groups excluding carboxylic acids is 1. The molecular formula is C15H21N3O2. The maximum atomic E-state index is 12.2. The van der Waals surface area contributed by atoms with Crippen LogP contribution in [-0.2, 0) is 11.3 Å². The molecule has 0 N–H and O–H groups in total. The van der Waals surface area contributed by atoms with Crippen LogP contribution in [0.25, 0.3) is 0 Å². The number of aryl methyl sites for hydroxylation is 1. The molecule has 1 saturated heterocycles. The lowest BCUT2D eigenvalue weighted by molar-refractivity contribution is -0.142. The first-order valence-corrected chi connectivity index (χ1v) is 7.47. The Morgan fingerprint density at radius 1 is 1.30 bits per heavy atom. The molecular weight excluding hydrogens is 254 g/mol. The Labute approximate surface area is 118 Å². The third-order valence-corrected chi connectivity index (χ3v) is 4.40. The molecule has 2 heterocycles. The molecule has 1 aliphatic heterocycles. The van der Waals surface area contributed by atoms with Crippen molar-refractivity contribution >= 4 is 5.91 Å². The lowest BCUT2D eigenvalue weighted by atomic mass is 9.96. The zero-order chi connectivity index (χ0) is 14.1. The van der Waals surface area contributed by atoms with Crippen LogP contribution in [0.4, 0.5) is 0 Å². The van der Waals surface area contributed by atoms with Gasteiger partial charge >= 0.3 is 0 Å². The molecule has 20 heavy (non-hydrogen) atoms. The number of likely N-dealkylation sites (tertiary alicyclic amines) is 1. The third-order valence-electron chi connectivity index (χ3n) is 4.40. The van der Waals surface area contributed by atoms with Gasteiger partial charge in [-0.3, -0.25) is 9.59 Å². The van der Waals surface area contributed by atoms with E-state index in [0.29, 0.717) is 18.4 Å². The van der Waals surface area contributed by atoms with Crippen molar-refractivity contribution in [3.05, 3.63) is 28.2 Å². The number of carbonyl (C=O) groups is 1. The Bertz CT molecular complexity index is 554. The predicted molar refractivity (Wildman–Crippen MR) is 75.3 cm³/mol. The van der Waals surface area contributed by atoms with Gasteiger partial charge in [-0.25, -0.2) is 4.68 Å². The first-order valence-electron chi connectivity index (χ1n) is 7.47. The highest BCUT2D eigenvalue weighted by Crippen LogP contribution is 2.29. The van der Waals surface area contributed by atoms with Crippen LogP contribution < -0.4 is 5.56 Å². The molecule has 1 saturated carbocycles. The third kappa shape index (κ3) is 2.62. The van der Waals surface area contributed by atoms with Crippen LogP contribution in [0.15, 0.2) is 16.9 Å². The van der Waals surface area contributed by atoms with E-state index in [1.54, 1.807) is 12.1 Å². The van der Waals surface area contributed by atoms with Crippen molar-refractivity contribution in [3.8, 4) is 0 Å². The SMILES string of the molecule is Cc1ccc(=O)n(CC2CN(C(=O)C3CCCC3)C2)n1. The highest BCUT2D eigenvalue weighted by Gasteiger charge is 2.35. The molecule has 0 bridgehead atoms. The van der Waals surface area contributed by atoms with Gasteiger partial charge < -0.3 is 4.90 Å². The van der Waals surface area contributed by atoms with Gasteiger partial charge in [0.2, 0.25) is 5.91 Å². The lowest BCUT2D eigenvalue weighted by Crippen LogP contribution is -2.53. The van der Waals surface area contributed by atoms with Crippen molar-refractivity contribution in [1.82, 2.24) is 14.7 Å². The summed E-state index contributed by atoms with van der Waals surface area (Å²) in [7, 11) is 0. The summed E-state index contributed by atoms with van der Waals surface area (Å²) in [5.41, 5.74) is 0.791. The summed E-state index contributed by atoms with van der Waals surface area (Å²) in [5.74, 6) is 0.950. The zero-order valence-corrected chi connectivity index (χ0v) is 11.9. The Morgan fingerprint density at radius 3 is 2.70 bits per heavy atom. The summed E-state index contributed by atoms with van der Waals surface area (Å²) in [5, 5.41) is 4.24. The summed E-state index contributed by atoms with van der Waals surface area (Å²) >= 11 is 0. The molecule has 0 unspecified atom stereocenters. The average Bonchev–Trinajstić information content (AvgIpc) is 2.90. The minimum atomic E-state index is -0.0591. The number of rotatable bonds is 3. The molecule has 1 aromatic heterocycles. The van der Waals surface area contributed by atoms with Crippen LogP contribution in [-0.4, -0.2) is 33.7 Å². The van der Waals surface area contributed by atoms with Crippen molar-refractivity contribution in [2.24, 2.45) is 11.8 Å². The maximum absolute atomic E-state index is 12.2. The molecule has 2 aliphatic rings. The maximum Gasteiger partial charge on any atom is 0.266 e. The Balaban J connectivity index is 1.54. The largest absolute Gasteiger partial charge is 0.342 e. The van der Waals surface area contributed by atoms with Crippen LogP contribution in [0, 0.1) is 18.8 Å². The van der Waals surface area contributed by atoms with Gasteiger partial charge in [0.05, 0.1) is 12.2 Å². The fourth-order valence-corrected chi connectivity index (χ4v) is 3.22. The molecule has 5 nitrogen and oxygen atoms in total. The highest BCUT2D eigenvalue weighted by molar-refractivity contribution is 5.79. The predicted octanol–water partition coefficient (Wildman–Crippen LogP) is 1.20. The summed E-state index contributed by atoms with van der Waals surface area (Å²) in [4.78, 5) is 25.8. The summed E-state index contributed by atoms with van der Waals surface area (Å²) in [6, 6.07) is 3.29. The number of amides is 1. The monoisotopic (exact) mass is 275 g/mol. The number of aromatic nitrogens is 2. The minimum Gasteiger partial charge on any atom is -0.342 e. The highest BCUT2D eigenvalue weighted by atomic mass is 16.2. The van der Waals surface area contributed by atoms with Crippen molar-refractivity contribution in [3.63, 3.8) is 0 Å². The molecule has 108 valence electrons. The van der Waals surface area contributed by atoms with E-state index in [9.17, 15) is 9.59 Å². The van der Waals surface area contributed by atoms with E-state index in [4.69, 9.17) is 0 Å². The fraction of sp³-hybridized carbons (Fsp3) is 0.667. The first-order chi connectivity index (χ1) is 9.63. The van der Waals surface area contributed by atoms with E-state index in [1.165, 1.54) is 17.5 Å². The van der Waals surface area contributed by atoms with Gasteiger partial charge in [-0.15, -0.1) is 0 Å². The topological polar surface area (TPSA) is 55.2 Å². The van der Waals surface area contributed by atoms with Crippen molar-refractivity contribution in [2.75, 3.05) is 13.1 Å². The van der Waals surface area contributed by atoms with Gasteiger partial charge in [-0.05, 0) is 25.8 Å². The molecule has 5 heteroatoms. The van der Waals surface area contributed by atoms with Gasteiger partial charge in [0.25, 0.3) is 5.56 Å². The van der Waals surface area contributed by atoms with Gasteiger partial charge in [-0.2, -0.15) is 5.10 Å². The molecule has 2 fully saturated rings.